The van der Waals surface area contributed by atoms with Crippen molar-refractivity contribution in [2.45, 2.75) is 12.8 Å². The Morgan fingerprint density at radius 1 is 1.07 bits per heavy atom. The van der Waals surface area contributed by atoms with Crippen molar-refractivity contribution in [2.24, 2.45) is 0 Å². The lowest BCUT2D eigenvalue weighted by Crippen LogP contribution is -1.98. The highest BCUT2D eigenvalue weighted by molar-refractivity contribution is 9.09. The summed E-state index contributed by atoms with van der Waals surface area (Å²) in [6, 6.07) is 3.24. The quantitative estimate of drug-likeness (QED) is 0.532. The Bertz CT molecular complexity index is 307. The first-order chi connectivity index (χ1) is 7.15. The molecule has 0 amide bonds. The summed E-state index contributed by atoms with van der Waals surface area (Å²) in [4.78, 5) is 0. The molecule has 0 saturated heterocycles. The minimum atomic E-state index is 0.450. The Hall–Kier alpha value is 0.370. The third-order valence-electron chi connectivity index (χ3n) is 1.74. The molecule has 0 aliphatic carbocycles. The van der Waals surface area contributed by atoms with Gasteiger partial charge in [0.05, 0.1) is 16.7 Å². The van der Waals surface area contributed by atoms with Gasteiger partial charge < -0.3 is 4.74 Å². The van der Waals surface area contributed by atoms with Crippen LogP contribution in [0.15, 0.2) is 12.1 Å². The van der Waals surface area contributed by atoms with E-state index in [-0.39, 0.29) is 0 Å². The van der Waals surface area contributed by atoms with Crippen LogP contribution in [0.1, 0.15) is 12.8 Å². The Morgan fingerprint density at radius 2 is 1.67 bits per heavy atom. The van der Waals surface area contributed by atoms with E-state index in [1.165, 1.54) is 0 Å². The molecule has 1 nitrogen and oxygen atoms in total. The van der Waals surface area contributed by atoms with E-state index in [0.717, 1.165) is 18.2 Å². The standard InChI is InChI=1S/C10H10BrCl3O/c11-3-1-2-4-15-10-8(13)5-7(12)6-9(10)14/h5-6H,1-4H2. The Morgan fingerprint density at radius 3 is 2.20 bits per heavy atom. The van der Waals surface area contributed by atoms with Crippen molar-refractivity contribution in [3.63, 3.8) is 0 Å². The monoisotopic (exact) mass is 330 g/mol. The van der Waals surface area contributed by atoms with E-state index in [2.05, 4.69) is 15.9 Å². The normalized spacial score (nSPS) is 10.4. The van der Waals surface area contributed by atoms with Crippen molar-refractivity contribution in [3.8, 4) is 5.75 Å². The van der Waals surface area contributed by atoms with Gasteiger partial charge in [0.1, 0.15) is 0 Å². The van der Waals surface area contributed by atoms with Crippen molar-refractivity contribution in [1.82, 2.24) is 0 Å². The molecule has 0 N–H and O–H groups in total. The maximum absolute atomic E-state index is 5.94. The van der Waals surface area contributed by atoms with Crippen LogP contribution in [-0.4, -0.2) is 11.9 Å². The molecule has 1 aromatic carbocycles. The van der Waals surface area contributed by atoms with Crippen LogP contribution in [0.4, 0.5) is 0 Å². The molecule has 0 aliphatic rings. The van der Waals surface area contributed by atoms with Gasteiger partial charge in [-0.2, -0.15) is 0 Å². The van der Waals surface area contributed by atoms with Gasteiger partial charge in [-0.05, 0) is 25.0 Å². The van der Waals surface area contributed by atoms with Gasteiger partial charge in [-0.3, -0.25) is 0 Å². The smallest absolute Gasteiger partial charge is 0.156 e. The Labute approximate surface area is 113 Å². The molecule has 0 heterocycles. The van der Waals surface area contributed by atoms with Crippen molar-refractivity contribution in [1.29, 1.82) is 0 Å². The molecule has 0 aromatic heterocycles. The number of unbranched alkanes of at least 4 members (excludes halogenated alkanes) is 1. The summed E-state index contributed by atoms with van der Waals surface area (Å²) >= 11 is 21.0. The van der Waals surface area contributed by atoms with Crippen molar-refractivity contribution >= 4 is 50.7 Å². The zero-order chi connectivity index (χ0) is 11.3. The lowest BCUT2D eigenvalue weighted by molar-refractivity contribution is 0.310. The van der Waals surface area contributed by atoms with E-state index in [0.29, 0.717) is 27.4 Å². The van der Waals surface area contributed by atoms with E-state index in [4.69, 9.17) is 39.5 Å². The first-order valence-electron chi connectivity index (χ1n) is 4.48. The highest BCUT2D eigenvalue weighted by atomic mass is 79.9. The number of alkyl halides is 1. The molecule has 0 fully saturated rings. The highest BCUT2D eigenvalue weighted by Gasteiger charge is 2.08. The Kier molecular flexibility index (Phi) is 6.13. The molecule has 84 valence electrons. The molecule has 0 spiro atoms. The number of hydrogen-bond acceptors (Lipinski definition) is 1. The fraction of sp³-hybridized carbons (Fsp3) is 0.400. The number of benzene rings is 1. The van der Waals surface area contributed by atoms with Crippen molar-refractivity contribution in [3.05, 3.63) is 27.2 Å². The second-order valence-electron chi connectivity index (χ2n) is 2.94. The molecule has 1 aromatic rings. The van der Waals surface area contributed by atoms with Gasteiger partial charge in [-0.15, -0.1) is 0 Å². The average molecular weight is 332 g/mol. The second-order valence-corrected chi connectivity index (χ2v) is 4.99. The van der Waals surface area contributed by atoms with Gasteiger partial charge in [0.2, 0.25) is 0 Å². The van der Waals surface area contributed by atoms with E-state index in [1.54, 1.807) is 12.1 Å². The molecule has 0 aliphatic heterocycles. The largest absolute Gasteiger partial charge is 0.490 e. The lowest BCUT2D eigenvalue weighted by Gasteiger charge is -2.09. The zero-order valence-electron chi connectivity index (χ0n) is 7.90. The molecule has 5 heteroatoms. The minimum Gasteiger partial charge on any atom is -0.490 e. The molecule has 15 heavy (non-hydrogen) atoms. The van der Waals surface area contributed by atoms with Crippen LogP contribution >= 0.6 is 50.7 Å². The van der Waals surface area contributed by atoms with E-state index in [1.807, 2.05) is 0 Å². The number of hydrogen-bond donors (Lipinski definition) is 0. The first-order valence-corrected chi connectivity index (χ1v) is 6.74. The predicted molar refractivity (Wildman–Crippen MR) is 70.0 cm³/mol. The van der Waals surface area contributed by atoms with Gasteiger partial charge in [0.15, 0.2) is 5.75 Å². The molecule has 0 radical (unpaired) electrons. The first kappa shape index (κ1) is 13.4. The summed E-state index contributed by atoms with van der Waals surface area (Å²) in [5.74, 6) is 0.511. The predicted octanol–water partition coefficient (Wildman–Crippen LogP) is 5.20. The van der Waals surface area contributed by atoms with Crippen LogP contribution < -0.4 is 4.74 Å². The lowest BCUT2D eigenvalue weighted by atomic mass is 10.3. The third kappa shape index (κ3) is 4.39. The SMILES string of the molecule is Clc1cc(Cl)c(OCCCCBr)c(Cl)c1. The summed E-state index contributed by atoms with van der Waals surface area (Å²) in [5.41, 5.74) is 0. The number of halogens is 4. The second kappa shape index (κ2) is 6.85. The van der Waals surface area contributed by atoms with Crippen molar-refractivity contribution < 1.29 is 4.74 Å². The van der Waals surface area contributed by atoms with E-state index >= 15 is 0 Å². The summed E-state index contributed by atoms with van der Waals surface area (Å²) in [7, 11) is 0. The molecule has 0 unspecified atom stereocenters. The Balaban J connectivity index is 2.60. The molecule has 0 atom stereocenters. The summed E-state index contributed by atoms with van der Waals surface area (Å²) in [6.45, 7) is 0.604. The summed E-state index contributed by atoms with van der Waals surface area (Å²) in [5, 5.41) is 2.38. The van der Waals surface area contributed by atoms with Crippen LogP contribution in [0, 0.1) is 0 Å². The summed E-state index contributed by atoms with van der Waals surface area (Å²) < 4.78 is 5.48. The molecule has 0 saturated carbocycles. The fourth-order valence-electron chi connectivity index (χ4n) is 1.04. The molecule has 1 rings (SSSR count). The van der Waals surface area contributed by atoms with Gasteiger partial charge in [0.25, 0.3) is 0 Å². The van der Waals surface area contributed by atoms with E-state index in [9.17, 15) is 0 Å². The van der Waals surface area contributed by atoms with E-state index < -0.39 is 0 Å². The molecule has 0 bridgehead atoms. The topological polar surface area (TPSA) is 9.23 Å². The molecular weight excluding hydrogens is 322 g/mol. The van der Waals surface area contributed by atoms with Crippen LogP contribution in [-0.2, 0) is 0 Å². The van der Waals surface area contributed by atoms with Gasteiger partial charge in [0, 0.05) is 10.4 Å². The van der Waals surface area contributed by atoms with Crippen LogP contribution in [0.3, 0.4) is 0 Å². The van der Waals surface area contributed by atoms with Gasteiger partial charge in [-0.1, -0.05) is 50.7 Å². The zero-order valence-corrected chi connectivity index (χ0v) is 11.8. The van der Waals surface area contributed by atoms with Gasteiger partial charge in [-0.25, -0.2) is 0 Å². The van der Waals surface area contributed by atoms with Crippen LogP contribution in [0.25, 0.3) is 0 Å². The van der Waals surface area contributed by atoms with Crippen LogP contribution in [0.5, 0.6) is 5.75 Å². The minimum absolute atomic E-state index is 0.450. The fourth-order valence-corrected chi connectivity index (χ4v) is 2.36. The number of ether oxygens (including phenoxy) is 1. The average Bonchev–Trinajstić information content (AvgIpc) is 2.15. The maximum Gasteiger partial charge on any atom is 0.156 e. The third-order valence-corrected chi connectivity index (χ3v) is 3.08. The van der Waals surface area contributed by atoms with Crippen molar-refractivity contribution in [2.75, 3.05) is 11.9 Å². The highest BCUT2D eigenvalue weighted by Crippen LogP contribution is 2.35. The summed E-state index contributed by atoms with van der Waals surface area (Å²) in [6.07, 6.45) is 2.02. The number of rotatable bonds is 5. The van der Waals surface area contributed by atoms with Gasteiger partial charge >= 0.3 is 0 Å². The molecular formula is C10H10BrCl3O. The van der Waals surface area contributed by atoms with Crippen LogP contribution in [0.2, 0.25) is 15.1 Å². The maximum atomic E-state index is 5.94.